The summed E-state index contributed by atoms with van der Waals surface area (Å²) in [6.45, 7) is 2.29. The van der Waals surface area contributed by atoms with Crippen LogP contribution in [0.2, 0.25) is 5.02 Å². The Bertz CT molecular complexity index is 754. The zero-order valence-electron chi connectivity index (χ0n) is 15.9. The van der Waals surface area contributed by atoms with E-state index >= 15 is 0 Å². The highest BCUT2D eigenvalue weighted by atomic mass is 35.5. The summed E-state index contributed by atoms with van der Waals surface area (Å²) in [4.78, 5) is 39.6. The van der Waals surface area contributed by atoms with Crippen molar-refractivity contribution < 1.29 is 19.4 Å². The van der Waals surface area contributed by atoms with E-state index in [9.17, 15) is 14.4 Å². The first-order chi connectivity index (χ1) is 13.3. The maximum absolute atomic E-state index is 12.5. The Balaban J connectivity index is 1.87. The number of piperidine rings is 1. The van der Waals surface area contributed by atoms with Gasteiger partial charge in [-0.1, -0.05) is 18.0 Å². The van der Waals surface area contributed by atoms with Gasteiger partial charge in [-0.05, 0) is 31.9 Å². The number of rotatable bonds is 9. The number of carboxylic acid groups (broad SMARTS) is 1. The quantitative estimate of drug-likeness (QED) is 0.443. The molecule has 5 N–H and O–H groups in total. The molecule has 1 fully saturated rings. The molecule has 28 heavy (non-hydrogen) atoms. The highest BCUT2D eigenvalue weighted by Crippen LogP contribution is 2.17. The molecule has 1 aromatic rings. The van der Waals surface area contributed by atoms with Crippen LogP contribution in [0.25, 0.3) is 0 Å². The number of anilines is 1. The van der Waals surface area contributed by atoms with Gasteiger partial charge in [0, 0.05) is 26.6 Å². The minimum atomic E-state index is -0.766. The van der Waals surface area contributed by atoms with E-state index < -0.39 is 17.4 Å². The van der Waals surface area contributed by atoms with Crippen LogP contribution >= 0.6 is 11.6 Å². The molecule has 2 rings (SSSR count). The van der Waals surface area contributed by atoms with Crippen LogP contribution in [0.3, 0.4) is 0 Å². The number of halogens is 1. The number of nitrogens with two attached hydrogens (primary N) is 1. The van der Waals surface area contributed by atoms with E-state index in [1.165, 1.54) is 6.07 Å². The molecule has 1 saturated heterocycles. The van der Waals surface area contributed by atoms with E-state index in [4.69, 9.17) is 27.2 Å². The Kier molecular flexibility index (Phi) is 8.28. The summed E-state index contributed by atoms with van der Waals surface area (Å²) in [5.41, 5.74) is 4.85. The third kappa shape index (κ3) is 6.22. The molecule has 0 spiro atoms. The lowest BCUT2D eigenvalue weighted by atomic mass is 10.0. The largest absolute Gasteiger partial charge is 0.481 e. The van der Waals surface area contributed by atoms with Crippen molar-refractivity contribution in [1.82, 2.24) is 15.2 Å². The third-order valence-corrected chi connectivity index (χ3v) is 5.21. The lowest BCUT2D eigenvalue weighted by molar-refractivity contribution is -0.137. The number of nitrogen functional groups attached to an aromatic ring is 1. The van der Waals surface area contributed by atoms with Crippen LogP contribution in [0.1, 0.15) is 42.5 Å². The minimum absolute atomic E-state index is 0.0228. The van der Waals surface area contributed by atoms with Crippen molar-refractivity contribution in [3.63, 3.8) is 0 Å². The van der Waals surface area contributed by atoms with Gasteiger partial charge in [0.15, 0.2) is 0 Å². The summed E-state index contributed by atoms with van der Waals surface area (Å²) in [6, 6.07) is 1.04. The molecular weight excluding hydrogens is 388 g/mol. The number of aromatic nitrogens is 1. The molecule has 0 unspecified atom stereocenters. The van der Waals surface area contributed by atoms with Gasteiger partial charge in [-0.15, -0.1) is 0 Å². The van der Waals surface area contributed by atoms with Gasteiger partial charge in [0.25, 0.3) is 11.5 Å². The molecule has 1 aliphatic rings. The van der Waals surface area contributed by atoms with Crippen molar-refractivity contribution in [3.8, 4) is 0 Å². The van der Waals surface area contributed by atoms with Crippen molar-refractivity contribution in [3.05, 3.63) is 27.0 Å². The second-order valence-electron chi connectivity index (χ2n) is 6.92. The summed E-state index contributed by atoms with van der Waals surface area (Å²) in [7, 11) is 1.59. The number of hydrogen-bond acceptors (Lipinski definition) is 6. The Labute approximate surface area is 168 Å². The second kappa shape index (κ2) is 10.4. The van der Waals surface area contributed by atoms with Crippen LogP contribution in [0, 0.1) is 0 Å². The average Bonchev–Trinajstić information content (AvgIpc) is 2.65. The number of unbranched alkanes of at least 4 members (excludes halogenated alkanes) is 2. The van der Waals surface area contributed by atoms with Crippen LogP contribution in [0.4, 0.5) is 5.82 Å². The normalized spacial score (nSPS) is 20.1. The molecule has 2 atom stereocenters. The number of aliphatic carboxylic acids is 1. The van der Waals surface area contributed by atoms with Crippen molar-refractivity contribution in [2.45, 2.75) is 44.2 Å². The van der Waals surface area contributed by atoms with Crippen molar-refractivity contribution in [2.75, 3.05) is 32.5 Å². The molecule has 0 saturated carbocycles. The van der Waals surface area contributed by atoms with E-state index in [1.54, 1.807) is 7.11 Å². The van der Waals surface area contributed by atoms with Gasteiger partial charge in [0.05, 0.1) is 17.2 Å². The topological polar surface area (TPSA) is 138 Å². The highest BCUT2D eigenvalue weighted by molar-refractivity contribution is 6.33. The summed E-state index contributed by atoms with van der Waals surface area (Å²) < 4.78 is 5.54. The Morgan fingerprint density at radius 3 is 2.86 bits per heavy atom. The summed E-state index contributed by atoms with van der Waals surface area (Å²) >= 11 is 5.90. The zero-order chi connectivity index (χ0) is 20.7. The van der Waals surface area contributed by atoms with E-state index in [1.807, 2.05) is 0 Å². The molecule has 0 aliphatic carbocycles. The number of methoxy groups -OCH3 is 1. The smallest absolute Gasteiger partial charge is 0.303 e. The second-order valence-corrected chi connectivity index (χ2v) is 7.33. The molecule has 2 heterocycles. The number of carboxylic acids is 1. The fourth-order valence-corrected chi connectivity index (χ4v) is 3.47. The summed E-state index contributed by atoms with van der Waals surface area (Å²) in [5, 5.41) is 11.6. The number of aromatic amines is 1. The fraction of sp³-hybridized carbons (Fsp3) is 0.611. The predicted molar refractivity (Wildman–Crippen MR) is 106 cm³/mol. The Morgan fingerprint density at radius 2 is 2.18 bits per heavy atom. The predicted octanol–water partition coefficient (Wildman–Crippen LogP) is 1.07. The molecule has 0 radical (unpaired) electrons. The van der Waals surface area contributed by atoms with Crippen LogP contribution in [-0.4, -0.2) is 65.8 Å². The maximum Gasteiger partial charge on any atom is 0.303 e. The van der Waals surface area contributed by atoms with Gasteiger partial charge in [-0.3, -0.25) is 14.4 Å². The lowest BCUT2D eigenvalue weighted by Crippen LogP contribution is -2.55. The number of likely N-dealkylation sites (tertiary alicyclic amines) is 1. The number of hydrogen-bond donors (Lipinski definition) is 4. The molecule has 1 amide bonds. The number of nitrogens with one attached hydrogen (secondary N) is 2. The van der Waals surface area contributed by atoms with E-state index in [0.717, 1.165) is 25.9 Å². The van der Waals surface area contributed by atoms with Crippen LogP contribution < -0.4 is 16.6 Å². The molecule has 156 valence electrons. The first-order valence-corrected chi connectivity index (χ1v) is 9.65. The van der Waals surface area contributed by atoms with Gasteiger partial charge < -0.3 is 30.8 Å². The first-order valence-electron chi connectivity index (χ1n) is 9.28. The summed E-state index contributed by atoms with van der Waals surface area (Å²) in [6.07, 6.45) is 3.12. The Morgan fingerprint density at radius 1 is 1.43 bits per heavy atom. The minimum Gasteiger partial charge on any atom is -0.481 e. The van der Waals surface area contributed by atoms with Gasteiger partial charge >= 0.3 is 5.97 Å². The van der Waals surface area contributed by atoms with Gasteiger partial charge in [-0.2, -0.15) is 0 Å². The number of H-pyrrole nitrogens is 1. The first kappa shape index (κ1) is 22.2. The van der Waals surface area contributed by atoms with Crippen molar-refractivity contribution in [2.24, 2.45) is 0 Å². The maximum atomic E-state index is 12.5. The van der Waals surface area contributed by atoms with Gasteiger partial charge in [0.1, 0.15) is 11.4 Å². The average molecular weight is 415 g/mol. The highest BCUT2D eigenvalue weighted by Gasteiger charge is 2.31. The van der Waals surface area contributed by atoms with Crippen molar-refractivity contribution >= 4 is 29.3 Å². The van der Waals surface area contributed by atoms with Crippen molar-refractivity contribution in [1.29, 1.82) is 0 Å². The zero-order valence-corrected chi connectivity index (χ0v) is 16.6. The molecular formula is C18H27ClN4O5. The number of amides is 1. The molecule has 0 bridgehead atoms. The van der Waals surface area contributed by atoms with E-state index in [0.29, 0.717) is 19.4 Å². The molecule has 10 heteroatoms. The SMILES string of the molecule is CO[C@H]1CN(CCCCCC(=O)O)CC[C@H]1NC(=O)c1cc(Cl)c(N)[nH]c1=O. The number of nitrogens with zero attached hydrogens (tertiary/aromatic N) is 1. The van der Waals surface area contributed by atoms with Crippen LogP contribution in [0.5, 0.6) is 0 Å². The molecule has 9 nitrogen and oxygen atoms in total. The van der Waals surface area contributed by atoms with E-state index in [2.05, 4.69) is 15.2 Å². The van der Waals surface area contributed by atoms with E-state index in [-0.39, 0.29) is 35.0 Å². The fourth-order valence-electron chi connectivity index (χ4n) is 3.31. The van der Waals surface area contributed by atoms with Gasteiger partial charge in [-0.25, -0.2) is 0 Å². The number of ether oxygens (including phenoxy) is 1. The standard InChI is InChI=1S/C18H27ClN4O5/c1-28-14-10-23(7-4-2-3-5-15(24)25)8-6-13(14)21-17(26)11-9-12(19)16(20)22-18(11)27/h9,13-14H,2-8,10H2,1H3,(H,21,26)(H,24,25)(H3,20,22,27)/t13-,14+/m1/s1. The Hall–Kier alpha value is -2.10. The van der Waals surface area contributed by atoms with Crippen LogP contribution in [0.15, 0.2) is 10.9 Å². The number of pyridine rings is 1. The monoisotopic (exact) mass is 414 g/mol. The summed E-state index contributed by atoms with van der Waals surface area (Å²) in [5.74, 6) is -1.26. The molecule has 1 aliphatic heterocycles. The number of carbonyl (C=O) groups is 2. The molecule has 1 aromatic heterocycles. The number of carbonyl (C=O) groups excluding carboxylic acids is 1. The lowest BCUT2D eigenvalue weighted by Gasteiger charge is -2.38. The van der Waals surface area contributed by atoms with Crippen LogP contribution in [-0.2, 0) is 9.53 Å². The van der Waals surface area contributed by atoms with Gasteiger partial charge in [0.2, 0.25) is 0 Å². The molecule has 0 aromatic carbocycles. The third-order valence-electron chi connectivity index (χ3n) is 4.89.